The second-order valence-corrected chi connectivity index (χ2v) is 2.67. The molecule has 0 amide bonds. The fraction of sp³-hybridized carbons (Fsp3) is 0.375. The van der Waals surface area contributed by atoms with E-state index in [1.807, 2.05) is 12.4 Å². The third-order valence-corrected chi connectivity index (χ3v) is 1.91. The standard InChI is InChI=1S/C8H10N2/c1-6-4-9-5-7-2-3-10-8(6)7/h4-5,10H,2-3H2,1H3. The summed E-state index contributed by atoms with van der Waals surface area (Å²) in [6.07, 6.45) is 4.98. The van der Waals surface area contributed by atoms with Crippen LogP contribution in [0.1, 0.15) is 11.1 Å². The normalized spacial score (nSPS) is 14.5. The lowest BCUT2D eigenvalue weighted by Crippen LogP contribution is -1.92. The average molecular weight is 134 g/mol. The molecule has 0 spiro atoms. The van der Waals surface area contributed by atoms with Gasteiger partial charge in [0.2, 0.25) is 0 Å². The van der Waals surface area contributed by atoms with Crippen molar-refractivity contribution in [2.45, 2.75) is 13.3 Å². The molecule has 2 heteroatoms. The molecule has 1 aromatic heterocycles. The minimum atomic E-state index is 1.07. The Morgan fingerprint density at radius 1 is 1.50 bits per heavy atom. The Balaban J connectivity index is 2.59. The Bertz CT molecular complexity index is 255. The van der Waals surface area contributed by atoms with Crippen LogP contribution < -0.4 is 5.32 Å². The summed E-state index contributed by atoms with van der Waals surface area (Å²) in [4.78, 5) is 4.12. The van der Waals surface area contributed by atoms with Gasteiger partial charge in [-0.25, -0.2) is 0 Å². The molecule has 0 unspecified atom stereocenters. The first kappa shape index (κ1) is 5.71. The van der Waals surface area contributed by atoms with Crippen LogP contribution in [0.5, 0.6) is 0 Å². The van der Waals surface area contributed by atoms with E-state index < -0.39 is 0 Å². The van der Waals surface area contributed by atoms with Crippen LogP contribution in [0, 0.1) is 6.92 Å². The maximum absolute atomic E-state index is 4.12. The number of hydrogen-bond acceptors (Lipinski definition) is 2. The van der Waals surface area contributed by atoms with Gasteiger partial charge >= 0.3 is 0 Å². The first-order valence-corrected chi connectivity index (χ1v) is 3.55. The highest BCUT2D eigenvalue weighted by Gasteiger charge is 2.10. The van der Waals surface area contributed by atoms with Crippen molar-refractivity contribution in [2.24, 2.45) is 0 Å². The molecule has 0 saturated heterocycles. The Labute approximate surface area is 60.3 Å². The summed E-state index contributed by atoms with van der Waals surface area (Å²) in [7, 11) is 0. The van der Waals surface area contributed by atoms with Crippen molar-refractivity contribution in [3.05, 3.63) is 23.5 Å². The number of hydrogen-bond donors (Lipinski definition) is 1. The summed E-state index contributed by atoms with van der Waals surface area (Å²) in [6, 6.07) is 0. The molecule has 1 N–H and O–H groups in total. The molecular weight excluding hydrogens is 124 g/mol. The molecule has 0 bridgehead atoms. The number of aryl methyl sites for hydroxylation is 1. The van der Waals surface area contributed by atoms with Crippen LogP contribution in [-0.4, -0.2) is 11.5 Å². The van der Waals surface area contributed by atoms with Crippen LogP contribution in [0.15, 0.2) is 12.4 Å². The highest BCUT2D eigenvalue weighted by Crippen LogP contribution is 2.23. The van der Waals surface area contributed by atoms with Gasteiger partial charge in [-0.05, 0) is 24.5 Å². The number of nitrogens with zero attached hydrogens (tertiary/aromatic N) is 1. The topological polar surface area (TPSA) is 24.9 Å². The number of pyridine rings is 1. The molecule has 0 saturated carbocycles. The van der Waals surface area contributed by atoms with Crippen molar-refractivity contribution in [3.63, 3.8) is 0 Å². The van der Waals surface area contributed by atoms with Crippen LogP contribution in [0.4, 0.5) is 5.69 Å². The summed E-state index contributed by atoms with van der Waals surface area (Å²) in [5.41, 5.74) is 3.92. The molecule has 0 aromatic carbocycles. The molecule has 2 rings (SSSR count). The highest BCUT2D eigenvalue weighted by molar-refractivity contribution is 5.58. The van der Waals surface area contributed by atoms with Crippen molar-refractivity contribution in [3.8, 4) is 0 Å². The van der Waals surface area contributed by atoms with Gasteiger partial charge in [0.1, 0.15) is 0 Å². The second-order valence-electron chi connectivity index (χ2n) is 2.67. The third kappa shape index (κ3) is 0.685. The lowest BCUT2D eigenvalue weighted by Gasteiger charge is -2.00. The van der Waals surface area contributed by atoms with Gasteiger partial charge in [0.15, 0.2) is 0 Å². The van der Waals surface area contributed by atoms with Gasteiger partial charge in [-0.1, -0.05) is 0 Å². The van der Waals surface area contributed by atoms with Crippen molar-refractivity contribution in [1.82, 2.24) is 4.98 Å². The molecule has 2 nitrogen and oxygen atoms in total. The number of fused-ring (bicyclic) bond motifs is 1. The summed E-state index contributed by atoms with van der Waals surface area (Å²) in [6.45, 7) is 3.16. The molecule has 0 fully saturated rings. The molecular formula is C8H10N2. The van der Waals surface area contributed by atoms with E-state index in [0.717, 1.165) is 13.0 Å². The van der Waals surface area contributed by atoms with Crippen molar-refractivity contribution < 1.29 is 0 Å². The first-order valence-electron chi connectivity index (χ1n) is 3.55. The summed E-state index contributed by atoms with van der Waals surface area (Å²) in [5.74, 6) is 0. The SMILES string of the molecule is Cc1cncc2c1NCC2. The summed E-state index contributed by atoms with van der Waals surface area (Å²) in [5, 5.41) is 3.33. The minimum absolute atomic E-state index is 1.07. The lowest BCUT2D eigenvalue weighted by molar-refractivity contribution is 1.09. The van der Waals surface area contributed by atoms with Gasteiger partial charge in [-0.3, -0.25) is 4.98 Å². The largest absolute Gasteiger partial charge is 0.384 e. The van der Waals surface area contributed by atoms with E-state index in [1.54, 1.807) is 0 Å². The molecule has 2 heterocycles. The van der Waals surface area contributed by atoms with E-state index in [0.29, 0.717) is 0 Å². The Hall–Kier alpha value is -1.05. The molecule has 0 radical (unpaired) electrons. The van der Waals surface area contributed by atoms with Gasteiger partial charge in [-0.15, -0.1) is 0 Å². The minimum Gasteiger partial charge on any atom is -0.384 e. The summed E-state index contributed by atoms with van der Waals surface area (Å²) < 4.78 is 0. The predicted octanol–water partition coefficient (Wildman–Crippen LogP) is 1.36. The fourth-order valence-corrected chi connectivity index (χ4v) is 1.39. The fourth-order valence-electron chi connectivity index (χ4n) is 1.39. The van der Waals surface area contributed by atoms with Crippen LogP contribution in [0.25, 0.3) is 0 Å². The van der Waals surface area contributed by atoms with E-state index in [4.69, 9.17) is 0 Å². The van der Waals surface area contributed by atoms with Crippen LogP contribution in [-0.2, 0) is 6.42 Å². The third-order valence-electron chi connectivity index (χ3n) is 1.91. The van der Waals surface area contributed by atoms with Crippen LogP contribution in [0.3, 0.4) is 0 Å². The maximum atomic E-state index is 4.12. The highest BCUT2D eigenvalue weighted by atomic mass is 14.9. The number of rotatable bonds is 0. The molecule has 1 aliphatic heterocycles. The van der Waals surface area contributed by atoms with E-state index in [-0.39, 0.29) is 0 Å². The van der Waals surface area contributed by atoms with Crippen LogP contribution >= 0.6 is 0 Å². The van der Waals surface area contributed by atoms with Crippen molar-refractivity contribution in [2.75, 3.05) is 11.9 Å². The molecule has 0 aliphatic carbocycles. The maximum Gasteiger partial charge on any atom is 0.0434 e. The van der Waals surface area contributed by atoms with Gasteiger partial charge in [-0.2, -0.15) is 0 Å². The molecule has 52 valence electrons. The van der Waals surface area contributed by atoms with E-state index >= 15 is 0 Å². The quantitative estimate of drug-likeness (QED) is 0.579. The van der Waals surface area contributed by atoms with Crippen molar-refractivity contribution in [1.29, 1.82) is 0 Å². The first-order chi connectivity index (χ1) is 4.88. The molecule has 0 atom stereocenters. The average Bonchev–Trinajstić information content (AvgIpc) is 2.36. The predicted molar refractivity (Wildman–Crippen MR) is 41.2 cm³/mol. The van der Waals surface area contributed by atoms with Gasteiger partial charge in [0.05, 0.1) is 0 Å². The van der Waals surface area contributed by atoms with E-state index in [2.05, 4.69) is 17.2 Å². The van der Waals surface area contributed by atoms with E-state index in [1.165, 1.54) is 16.8 Å². The Kier molecular flexibility index (Phi) is 1.13. The zero-order valence-corrected chi connectivity index (χ0v) is 6.02. The lowest BCUT2D eigenvalue weighted by atomic mass is 10.2. The van der Waals surface area contributed by atoms with Gasteiger partial charge in [0, 0.05) is 24.6 Å². The molecule has 1 aliphatic rings. The second kappa shape index (κ2) is 1.97. The number of aromatic nitrogens is 1. The summed E-state index contributed by atoms with van der Waals surface area (Å²) >= 11 is 0. The Morgan fingerprint density at radius 3 is 3.20 bits per heavy atom. The van der Waals surface area contributed by atoms with Gasteiger partial charge in [0.25, 0.3) is 0 Å². The number of nitrogens with one attached hydrogen (secondary N) is 1. The zero-order chi connectivity index (χ0) is 6.97. The van der Waals surface area contributed by atoms with Gasteiger partial charge < -0.3 is 5.32 Å². The number of anilines is 1. The van der Waals surface area contributed by atoms with Crippen molar-refractivity contribution >= 4 is 5.69 Å². The monoisotopic (exact) mass is 134 g/mol. The Morgan fingerprint density at radius 2 is 2.40 bits per heavy atom. The molecule has 10 heavy (non-hydrogen) atoms. The van der Waals surface area contributed by atoms with E-state index in [9.17, 15) is 0 Å². The zero-order valence-electron chi connectivity index (χ0n) is 6.02. The smallest absolute Gasteiger partial charge is 0.0434 e. The molecule has 1 aromatic rings. The van der Waals surface area contributed by atoms with Crippen LogP contribution in [0.2, 0.25) is 0 Å².